The van der Waals surface area contributed by atoms with Crippen molar-refractivity contribution < 1.29 is 9.84 Å². The van der Waals surface area contributed by atoms with Gasteiger partial charge in [0.15, 0.2) is 0 Å². The highest BCUT2D eigenvalue weighted by Crippen LogP contribution is 2.23. The molecule has 20 heavy (non-hydrogen) atoms. The Bertz CT molecular complexity index is 590. The van der Waals surface area contributed by atoms with Crippen LogP contribution in [0.15, 0.2) is 46.9 Å². The van der Waals surface area contributed by atoms with E-state index in [2.05, 4.69) is 15.9 Å². The minimum atomic E-state index is -0.632. The van der Waals surface area contributed by atoms with E-state index in [1.807, 2.05) is 12.1 Å². The molecule has 0 radical (unpaired) electrons. The summed E-state index contributed by atoms with van der Waals surface area (Å²) in [4.78, 5) is 0. The van der Waals surface area contributed by atoms with E-state index in [0.29, 0.717) is 22.2 Å². The Morgan fingerprint density at radius 3 is 2.65 bits per heavy atom. The van der Waals surface area contributed by atoms with E-state index < -0.39 is 6.10 Å². The molecule has 0 heterocycles. The molecule has 5 heteroatoms. The molecule has 0 aromatic heterocycles. The summed E-state index contributed by atoms with van der Waals surface area (Å²) in [5, 5.41) is 11.2. The lowest BCUT2D eigenvalue weighted by Crippen LogP contribution is -2.20. The Morgan fingerprint density at radius 1 is 1.15 bits per heavy atom. The highest BCUT2D eigenvalue weighted by atomic mass is 79.9. The normalized spacial score (nSPS) is 12.2. The fourth-order valence-electron chi connectivity index (χ4n) is 1.75. The predicted octanol–water partition coefficient (Wildman–Crippen LogP) is 4.74. The lowest BCUT2D eigenvalue weighted by molar-refractivity contribution is 0.108. The van der Waals surface area contributed by atoms with Crippen LogP contribution in [0.1, 0.15) is 5.56 Å². The predicted molar refractivity (Wildman–Crippen MR) is 85.8 cm³/mol. The van der Waals surface area contributed by atoms with Crippen molar-refractivity contribution in [3.63, 3.8) is 0 Å². The van der Waals surface area contributed by atoms with Crippen LogP contribution < -0.4 is 4.74 Å². The van der Waals surface area contributed by atoms with E-state index in [4.69, 9.17) is 27.9 Å². The standard InChI is InChI=1S/C15H13BrCl2O2/c16-11-5-4-10(15(18)7-11)6-13(19)9-20-14-3-1-2-12(17)8-14/h1-5,7-8,13,19H,6,9H2. The Hall–Kier alpha value is -0.740. The number of aliphatic hydroxyl groups is 1. The molecule has 0 aliphatic rings. The second kappa shape index (κ2) is 7.32. The van der Waals surface area contributed by atoms with Crippen LogP contribution in [-0.4, -0.2) is 17.8 Å². The van der Waals surface area contributed by atoms with Gasteiger partial charge in [0.2, 0.25) is 0 Å². The van der Waals surface area contributed by atoms with E-state index in [1.54, 1.807) is 30.3 Å². The average molecular weight is 376 g/mol. The van der Waals surface area contributed by atoms with Crippen LogP contribution in [0.5, 0.6) is 5.75 Å². The van der Waals surface area contributed by atoms with Gasteiger partial charge in [-0.3, -0.25) is 0 Å². The summed E-state index contributed by atoms with van der Waals surface area (Å²) in [6, 6.07) is 12.7. The maximum Gasteiger partial charge on any atom is 0.120 e. The monoisotopic (exact) mass is 374 g/mol. The van der Waals surface area contributed by atoms with Crippen LogP contribution in [0.2, 0.25) is 10.0 Å². The number of hydrogen-bond acceptors (Lipinski definition) is 2. The van der Waals surface area contributed by atoms with Gasteiger partial charge in [-0.05, 0) is 35.9 Å². The van der Waals surface area contributed by atoms with E-state index in [-0.39, 0.29) is 6.61 Å². The summed E-state index contributed by atoms with van der Waals surface area (Å²) in [6.45, 7) is 0.187. The van der Waals surface area contributed by atoms with E-state index in [9.17, 15) is 5.11 Å². The summed E-state index contributed by atoms with van der Waals surface area (Å²) >= 11 is 15.3. The molecule has 0 fully saturated rings. The minimum Gasteiger partial charge on any atom is -0.491 e. The van der Waals surface area contributed by atoms with Crippen molar-refractivity contribution in [1.82, 2.24) is 0 Å². The highest BCUT2D eigenvalue weighted by Gasteiger charge is 2.10. The van der Waals surface area contributed by atoms with Crippen LogP contribution >= 0.6 is 39.1 Å². The second-order valence-electron chi connectivity index (χ2n) is 4.36. The molecule has 2 aromatic rings. The first-order valence-corrected chi connectivity index (χ1v) is 7.60. The third-order valence-corrected chi connectivity index (χ3v) is 3.79. The topological polar surface area (TPSA) is 29.5 Å². The van der Waals surface area contributed by atoms with Crippen molar-refractivity contribution >= 4 is 39.1 Å². The summed E-state index contributed by atoms with van der Waals surface area (Å²) in [6.07, 6.45) is -0.195. The quantitative estimate of drug-likeness (QED) is 0.817. The molecule has 0 aliphatic carbocycles. The van der Waals surface area contributed by atoms with Crippen LogP contribution in [0, 0.1) is 0 Å². The van der Waals surface area contributed by atoms with E-state index in [1.165, 1.54) is 0 Å². The first-order chi connectivity index (χ1) is 9.54. The van der Waals surface area contributed by atoms with Crippen LogP contribution in [0.4, 0.5) is 0 Å². The summed E-state index contributed by atoms with van der Waals surface area (Å²) in [5.74, 6) is 0.637. The lowest BCUT2D eigenvalue weighted by atomic mass is 10.1. The van der Waals surface area contributed by atoms with Gasteiger partial charge in [-0.1, -0.05) is 51.3 Å². The van der Waals surface area contributed by atoms with Gasteiger partial charge in [0.25, 0.3) is 0 Å². The molecule has 0 saturated carbocycles. The number of halogens is 3. The number of rotatable bonds is 5. The van der Waals surface area contributed by atoms with Gasteiger partial charge in [0, 0.05) is 20.9 Å². The summed E-state index contributed by atoms with van der Waals surface area (Å²) < 4.78 is 6.41. The Balaban J connectivity index is 1.90. The smallest absolute Gasteiger partial charge is 0.120 e. The Labute approximate surface area is 136 Å². The molecule has 0 amide bonds. The summed E-state index contributed by atoms with van der Waals surface area (Å²) in [5.41, 5.74) is 0.886. The van der Waals surface area contributed by atoms with Gasteiger partial charge in [-0.2, -0.15) is 0 Å². The van der Waals surface area contributed by atoms with Gasteiger partial charge >= 0.3 is 0 Å². The number of ether oxygens (including phenoxy) is 1. The van der Waals surface area contributed by atoms with Crippen molar-refractivity contribution in [3.8, 4) is 5.75 Å². The molecule has 0 bridgehead atoms. The number of hydrogen-bond donors (Lipinski definition) is 1. The maximum absolute atomic E-state index is 10.00. The fraction of sp³-hybridized carbons (Fsp3) is 0.200. The highest BCUT2D eigenvalue weighted by molar-refractivity contribution is 9.10. The molecule has 0 aliphatic heterocycles. The van der Waals surface area contributed by atoms with Gasteiger partial charge in [0.05, 0.1) is 6.10 Å². The number of aliphatic hydroxyl groups excluding tert-OH is 1. The van der Waals surface area contributed by atoms with Crippen molar-refractivity contribution in [2.75, 3.05) is 6.61 Å². The minimum absolute atomic E-state index is 0.187. The van der Waals surface area contributed by atoms with Crippen molar-refractivity contribution in [2.45, 2.75) is 12.5 Å². The lowest BCUT2D eigenvalue weighted by Gasteiger charge is -2.13. The maximum atomic E-state index is 10.00. The SMILES string of the molecule is OC(COc1cccc(Cl)c1)Cc1ccc(Br)cc1Cl. The molecule has 0 spiro atoms. The molecule has 2 nitrogen and oxygen atoms in total. The second-order valence-corrected chi connectivity index (χ2v) is 6.12. The summed E-state index contributed by atoms with van der Waals surface area (Å²) in [7, 11) is 0. The van der Waals surface area contributed by atoms with Crippen molar-refractivity contribution in [3.05, 3.63) is 62.5 Å². The van der Waals surface area contributed by atoms with Crippen LogP contribution in [-0.2, 0) is 6.42 Å². The molecule has 1 N–H and O–H groups in total. The zero-order valence-corrected chi connectivity index (χ0v) is 13.6. The first kappa shape index (κ1) is 15.6. The Morgan fingerprint density at radius 2 is 1.95 bits per heavy atom. The Kier molecular flexibility index (Phi) is 5.73. The van der Waals surface area contributed by atoms with Gasteiger partial charge in [-0.25, -0.2) is 0 Å². The fourth-order valence-corrected chi connectivity index (χ4v) is 2.68. The molecule has 106 valence electrons. The zero-order chi connectivity index (χ0) is 14.5. The van der Waals surface area contributed by atoms with Crippen molar-refractivity contribution in [2.24, 2.45) is 0 Å². The average Bonchev–Trinajstić information content (AvgIpc) is 2.40. The zero-order valence-electron chi connectivity index (χ0n) is 10.5. The molecule has 0 saturated heterocycles. The van der Waals surface area contributed by atoms with Gasteiger partial charge in [-0.15, -0.1) is 0 Å². The molecule has 1 unspecified atom stereocenters. The molecule has 1 atom stereocenters. The molecule has 2 rings (SSSR count). The van der Waals surface area contributed by atoms with Crippen LogP contribution in [0.25, 0.3) is 0 Å². The van der Waals surface area contributed by atoms with E-state index >= 15 is 0 Å². The largest absolute Gasteiger partial charge is 0.491 e. The first-order valence-electron chi connectivity index (χ1n) is 6.05. The number of benzene rings is 2. The molecular formula is C15H13BrCl2O2. The van der Waals surface area contributed by atoms with Gasteiger partial charge in [0.1, 0.15) is 12.4 Å². The van der Waals surface area contributed by atoms with Crippen molar-refractivity contribution in [1.29, 1.82) is 0 Å². The third-order valence-electron chi connectivity index (χ3n) is 2.71. The van der Waals surface area contributed by atoms with Gasteiger partial charge < -0.3 is 9.84 Å². The molecular weight excluding hydrogens is 363 g/mol. The third kappa shape index (κ3) is 4.67. The molecule has 2 aromatic carbocycles. The van der Waals surface area contributed by atoms with E-state index in [0.717, 1.165) is 10.0 Å². The van der Waals surface area contributed by atoms with Crippen LogP contribution in [0.3, 0.4) is 0 Å².